The Morgan fingerprint density at radius 2 is 1.79 bits per heavy atom. The number of alkyl halides is 3. The van der Waals surface area contributed by atoms with Crippen LogP contribution in [0.25, 0.3) is 22.1 Å². The first kappa shape index (κ1) is 16.3. The Hall–Kier alpha value is -2.60. The number of rotatable bonds is 3. The number of hydrogen-bond donors (Lipinski definition) is 0. The summed E-state index contributed by atoms with van der Waals surface area (Å²) in [6.45, 7) is 1.28. The van der Waals surface area contributed by atoms with Gasteiger partial charge >= 0.3 is 12.0 Å². The Kier molecular flexibility index (Phi) is 4.15. The molecule has 0 N–H and O–H groups in total. The van der Waals surface area contributed by atoms with Gasteiger partial charge in [-0.3, -0.25) is 4.74 Å². The molecule has 0 aliphatic heterocycles. The molecule has 6 heteroatoms. The Bertz CT molecular complexity index is 942. The number of benzene rings is 2. The van der Waals surface area contributed by atoms with Crippen LogP contribution in [0.2, 0.25) is 0 Å². The normalized spacial score (nSPS) is 11.8. The lowest BCUT2D eigenvalue weighted by Gasteiger charge is -2.10. The molecule has 0 aliphatic carbocycles. The van der Waals surface area contributed by atoms with Gasteiger partial charge in [0, 0.05) is 17.0 Å². The monoisotopic (exact) mass is 334 g/mol. The van der Waals surface area contributed by atoms with Gasteiger partial charge in [-0.05, 0) is 29.7 Å². The number of halogens is 3. The first-order chi connectivity index (χ1) is 11.3. The van der Waals surface area contributed by atoms with E-state index in [1.807, 2.05) is 31.2 Å². The highest BCUT2D eigenvalue weighted by Crippen LogP contribution is 2.30. The van der Waals surface area contributed by atoms with Crippen molar-refractivity contribution in [2.24, 2.45) is 0 Å². The van der Waals surface area contributed by atoms with Crippen molar-refractivity contribution in [3.63, 3.8) is 0 Å². The summed E-state index contributed by atoms with van der Waals surface area (Å²) in [5, 5.41) is 0.652. The van der Waals surface area contributed by atoms with Crippen LogP contribution in [-0.2, 0) is 11.3 Å². The highest BCUT2D eigenvalue weighted by Gasteiger charge is 2.29. The molecule has 0 saturated carbocycles. The fraction of sp³-hybridized carbons (Fsp3) is 0.167. The van der Waals surface area contributed by atoms with Crippen LogP contribution in [-0.4, -0.2) is 6.36 Å². The standard InChI is InChI=1S/C18H13F3O3/c1-11-4-2-3-5-13(11)15-9-17(22)24-16-8-12(6-7-14(15)16)10-23-18(19,20)21/h2-9H,10H2,1H3. The number of aryl methyl sites for hydroxylation is 1. The van der Waals surface area contributed by atoms with Crippen molar-refractivity contribution < 1.29 is 22.3 Å². The molecular weight excluding hydrogens is 321 g/mol. The van der Waals surface area contributed by atoms with E-state index in [4.69, 9.17) is 4.42 Å². The van der Waals surface area contributed by atoms with Crippen LogP contribution in [0.5, 0.6) is 0 Å². The first-order valence-corrected chi connectivity index (χ1v) is 7.17. The molecule has 1 aromatic heterocycles. The van der Waals surface area contributed by atoms with Crippen LogP contribution in [0.3, 0.4) is 0 Å². The predicted molar refractivity (Wildman–Crippen MR) is 83.5 cm³/mol. The van der Waals surface area contributed by atoms with Crippen molar-refractivity contribution in [1.82, 2.24) is 0 Å². The summed E-state index contributed by atoms with van der Waals surface area (Å²) in [4.78, 5) is 11.8. The van der Waals surface area contributed by atoms with E-state index in [0.717, 1.165) is 11.1 Å². The highest BCUT2D eigenvalue weighted by molar-refractivity contribution is 5.94. The minimum absolute atomic E-state index is 0.226. The maximum atomic E-state index is 12.2. The quantitative estimate of drug-likeness (QED) is 0.646. The van der Waals surface area contributed by atoms with Gasteiger partial charge in [-0.15, -0.1) is 13.2 Å². The van der Waals surface area contributed by atoms with E-state index in [2.05, 4.69) is 4.74 Å². The lowest BCUT2D eigenvalue weighted by atomic mass is 9.97. The Labute approximate surface area is 135 Å². The van der Waals surface area contributed by atoms with Gasteiger partial charge in [-0.25, -0.2) is 4.79 Å². The Balaban J connectivity index is 2.10. The van der Waals surface area contributed by atoms with Crippen molar-refractivity contribution in [2.75, 3.05) is 0 Å². The van der Waals surface area contributed by atoms with Gasteiger partial charge in [0.25, 0.3) is 0 Å². The zero-order valence-corrected chi connectivity index (χ0v) is 12.7. The maximum absolute atomic E-state index is 12.2. The van der Waals surface area contributed by atoms with Crippen LogP contribution < -0.4 is 5.63 Å². The molecule has 0 atom stereocenters. The predicted octanol–water partition coefficient (Wildman–Crippen LogP) is 4.80. The van der Waals surface area contributed by atoms with E-state index < -0.39 is 18.6 Å². The minimum atomic E-state index is -4.71. The molecule has 3 aromatic rings. The summed E-state index contributed by atoms with van der Waals surface area (Å²) in [7, 11) is 0. The van der Waals surface area contributed by atoms with Crippen molar-refractivity contribution in [1.29, 1.82) is 0 Å². The SMILES string of the molecule is Cc1ccccc1-c1cc(=O)oc2cc(COC(F)(F)F)ccc12. The van der Waals surface area contributed by atoms with Crippen molar-refractivity contribution >= 4 is 11.0 Å². The molecule has 124 valence electrons. The molecule has 0 fully saturated rings. The molecule has 1 heterocycles. The van der Waals surface area contributed by atoms with Crippen molar-refractivity contribution in [3.05, 3.63) is 70.1 Å². The summed E-state index contributed by atoms with van der Waals surface area (Å²) >= 11 is 0. The molecule has 0 aliphatic rings. The van der Waals surface area contributed by atoms with Gasteiger partial charge in [-0.1, -0.05) is 36.4 Å². The summed E-state index contributed by atoms with van der Waals surface area (Å²) in [6.07, 6.45) is -4.71. The van der Waals surface area contributed by atoms with Crippen molar-refractivity contribution in [2.45, 2.75) is 19.9 Å². The topological polar surface area (TPSA) is 39.4 Å². The van der Waals surface area contributed by atoms with E-state index in [1.165, 1.54) is 18.2 Å². The average Bonchev–Trinajstić information content (AvgIpc) is 2.51. The molecule has 0 bridgehead atoms. The molecular formula is C18H13F3O3. The molecule has 0 spiro atoms. The third-order valence-electron chi connectivity index (χ3n) is 3.65. The van der Waals surface area contributed by atoms with Crippen molar-refractivity contribution in [3.8, 4) is 11.1 Å². The average molecular weight is 334 g/mol. The Morgan fingerprint density at radius 3 is 2.50 bits per heavy atom. The number of hydrogen-bond acceptors (Lipinski definition) is 3. The summed E-state index contributed by atoms with van der Waals surface area (Å²) in [5.41, 5.74) is 2.47. The number of fused-ring (bicyclic) bond motifs is 1. The minimum Gasteiger partial charge on any atom is -0.423 e. The largest absolute Gasteiger partial charge is 0.522 e. The fourth-order valence-electron chi connectivity index (χ4n) is 2.56. The second-order valence-corrected chi connectivity index (χ2v) is 5.36. The molecule has 24 heavy (non-hydrogen) atoms. The van der Waals surface area contributed by atoms with E-state index >= 15 is 0 Å². The van der Waals surface area contributed by atoms with Gasteiger partial charge in [0.2, 0.25) is 0 Å². The lowest BCUT2D eigenvalue weighted by molar-refractivity contribution is -0.330. The van der Waals surface area contributed by atoms with E-state index in [-0.39, 0.29) is 11.1 Å². The molecule has 3 nitrogen and oxygen atoms in total. The smallest absolute Gasteiger partial charge is 0.423 e. The van der Waals surface area contributed by atoms with Crippen LogP contribution in [0.15, 0.2) is 57.7 Å². The van der Waals surface area contributed by atoms with E-state index in [0.29, 0.717) is 10.9 Å². The Morgan fingerprint density at radius 1 is 1.04 bits per heavy atom. The second kappa shape index (κ2) is 6.13. The van der Waals surface area contributed by atoms with Gasteiger partial charge < -0.3 is 4.42 Å². The van der Waals surface area contributed by atoms with Gasteiger partial charge in [0.15, 0.2) is 0 Å². The van der Waals surface area contributed by atoms with Crippen LogP contribution in [0.4, 0.5) is 13.2 Å². The van der Waals surface area contributed by atoms with Crippen LogP contribution in [0.1, 0.15) is 11.1 Å². The van der Waals surface area contributed by atoms with Crippen LogP contribution in [0, 0.1) is 6.92 Å². The maximum Gasteiger partial charge on any atom is 0.522 e. The highest BCUT2D eigenvalue weighted by atomic mass is 19.4. The summed E-state index contributed by atoms with van der Waals surface area (Å²) in [5.74, 6) is 0. The van der Waals surface area contributed by atoms with Gasteiger partial charge in [-0.2, -0.15) is 0 Å². The second-order valence-electron chi connectivity index (χ2n) is 5.36. The molecule has 3 rings (SSSR count). The third kappa shape index (κ3) is 3.49. The van der Waals surface area contributed by atoms with Crippen LogP contribution >= 0.6 is 0 Å². The third-order valence-corrected chi connectivity index (χ3v) is 3.65. The molecule has 0 radical (unpaired) electrons. The zero-order chi connectivity index (χ0) is 17.3. The number of ether oxygens (including phenoxy) is 1. The van der Waals surface area contributed by atoms with Gasteiger partial charge in [0.1, 0.15) is 5.58 Å². The molecule has 2 aromatic carbocycles. The molecule has 0 saturated heterocycles. The summed E-state index contributed by atoms with van der Waals surface area (Å²) < 4.78 is 45.4. The zero-order valence-electron chi connectivity index (χ0n) is 12.7. The molecule has 0 amide bonds. The fourth-order valence-corrected chi connectivity index (χ4v) is 2.56. The lowest BCUT2D eigenvalue weighted by Crippen LogP contribution is -2.12. The van der Waals surface area contributed by atoms with Gasteiger partial charge in [0.05, 0.1) is 6.61 Å². The van der Waals surface area contributed by atoms with E-state index in [1.54, 1.807) is 6.07 Å². The van der Waals surface area contributed by atoms with E-state index in [9.17, 15) is 18.0 Å². The molecule has 0 unspecified atom stereocenters. The first-order valence-electron chi connectivity index (χ1n) is 7.17. The summed E-state index contributed by atoms with van der Waals surface area (Å²) in [6, 6.07) is 13.5.